The third-order valence-electron chi connectivity index (χ3n) is 2.25. The monoisotopic (exact) mass is 224 g/mol. The number of carbonyl (C=O) groups is 1. The van der Waals surface area contributed by atoms with Crippen LogP contribution in [0, 0.1) is 6.92 Å². The Hall–Kier alpha value is -1.55. The average molecular weight is 224 g/mol. The zero-order chi connectivity index (χ0) is 12.1. The smallest absolute Gasteiger partial charge is 0.343 e. The molecule has 0 aromatic heterocycles. The molecule has 4 heteroatoms. The molecule has 88 valence electrons. The lowest BCUT2D eigenvalue weighted by atomic mass is 10.1. The van der Waals surface area contributed by atoms with E-state index in [2.05, 4.69) is 4.74 Å². The van der Waals surface area contributed by atoms with Crippen LogP contribution in [-0.2, 0) is 9.53 Å². The molecule has 0 aliphatic rings. The van der Waals surface area contributed by atoms with Crippen molar-refractivity contribution in [2.45, 2.75) is 20.0 Å². The van der Waals surface area contributed by atoms with Gasteiger partial charge in [-0.05, 0) is 37.1 Å². The molecule has 0 radical (unpaired) electrons. The van der Waals surface area contributed by atoms with E-state index in [1.54, 1.807) is 19.1 Å². The fourth-order valence-corrected chi connectivity index (χ4v) is 1.29. The Kier molecular flexibility index (Phi) is 4.31. The van der Waals surface area contributed by atoms with E-state index < -0.39 is 12.1 Å². The number of esters is 1. The van der Waals surface area contributed by atoms with Crippen LogP contribution in [0.4, 0.5) is 0 Å². The molecule has 0 spiro atoms. The second-order valence-corrected chi connectivity index (χ2v) is 3.57. The lowest BCUT2D eigenvalue weighted by Crippen LogP contribution is -2.13. The molecule has 4 nitrogen and oxygen atoms in total. The molecule has 16 heavy (non-hydrogen) atoms. The molecule has 1 N–H and O–H groups in total. The summed E-state index contributed by atoms with van der Waals surface area (Å²) < 4.78 is 9.74. The van der Waals surface area contributed by atoms with Crippen molar-refractivity contribution in [1.29, 1.82) is 0 Å². The molecule has 1 aromatic carbocycles. The Bertz CT molecular complexity index is 371. The van der Waals surface area contributed by atoms with Gasteiger partial charge in [-0.25, -0.2) is 4.79 Å². The lowest BCUT2D eigenvalue weighted by molar-refractivity contribution is -0.142. The van der Waals surface area contributed by atoms with Crippen LogP contribution in [0.5, 0.6) is 5.75 Å². The van der Waals surface area contributed by atoms with Gasteiger partial charge in [0.1, 0.15) is 5.75 Å². The number of hydrogen-bond donors (Lipinski definition) is 1. The standard InChI is InChI=1S/C12H16O4/c1-8-6-10(9(2)13)4-5-11(8)16-7-12(14)15-3/h4-6,9,13H,7H2,1-3H3/t9-/m1/s1. The van der Waals surface area contributed by atoms with Crippen LogP contribution in [0.3, 0.4) is 0 Å². The Balaban J connectivity index is 2.72. The number of aliphatic hydroxyl groups excluding tert-OH is 1. The molecule has 1 rings (SSSR count). The number of carbonyl (C=O) groups excluding carboxylic acids is 1. The van der Waals surface area contributed by atoms with E-state index in [1.165, 1.54) is 7.11 Å². The van der Waals surface area contributed by atoms with Gasteiger partial charge in [0, 0.05) is 0 Å². The zero-order valence-electron chi connectivity index (χ0n) is 9.69. The number of aliphatic hydroxyl groups is 1. The maximum absolute atomic E-state index is 10.9. The molecule has 0 fully saturated rings. The van der Waals surface area contributed by atoms with Gasteiger partial charge >= 0.3 is 5.97 Å². The first kappa shape index (κ1) is 12.5. The van der Waals surface area contributed by atoms with Gasteiger partial charge in [0.05, 0.1) is 13.2 Å². The van der Waals surface area contributed by atoms with E-state index >= 15 is 0 Å². The molecule has 0 aliphatic carbocycles. The van der Waals surface area contributed by atoms with Gasteiger partial charge in [0.2, 0.25) is 0 Å². The van der Waals surface area contributed by atoms with Gasteiger partial charge in [-0.1, -0.05) is 6.07 Å². The molecule has 0 bridgehead atoms. The summed E-state index contributed by atoms with van der Waals surface area (Å²) in [7, 11) is 1.31. The summed E-state index contributed by atoms with van der Waals surface area (Å²) in [6.07, 6.45) is -0.506. The molecule has 0 saturated heterocycles. The number of aryl methyl sites for hydroxylation is 1. The van der Waals surface area contributed by atoms with Crippen molar-refractivity contribution in [2.24, 2.45) is 0 Å². The first-order valence-electron chi connectivity index (χ1n) is 5.03. The maximum atomic E-state index is 10.9. The van der Waals surface area contributed by atoms with Gasteiger partial charge in [-0.3, -0.25) is 0 Å². The number of hydrogen-bond acceptors (Lipinski definition) is 4. The SMILES string of the molecule is COC(=O)COc1ccc([C@@H](C)O)cc1C. The van der Waals surface area contributed by atoms with Crippen molar-refractivity contribution in [3.8, 4) is 5.75 Å². The van der Waals surface area contributed by atoms with Gasteiger partial charge in [-0.2, -0.15) is 0 Å². The minimum atomic E-state index is -0.506. The van der Waals surface area contributed by atoms with Gasteiger partial charge in [-0.15, -0.1) is 0 Å². The maximum Gasteiger partial charge on any atom is 0.343 e. The first-order chi connectivity index (χ1) is 7.54. The summed E-state index contributed by atoms with van der Waals surface area (Å²) >= 11 is 0. The van der Waals surface area contributed by atoms with E-state index in [0.29, 0.717) is 5.75 Å². The Labute approximate surface area is 94.8 Å². The van der Waals surface area contributed by atoms with E-state index in [9.17, 15) is 9.90 Å². The molecule has 1 atom stereocenters. The highest BCUT2D eigenvalue weighted by molar-refractivity contribution is 5.70. The summed E-state index contributed by atoms with van der Waals surface area (Å²) in [5, 5.41) is 9.38. The summed E-state index contributed by atoms with van der Waals surface area (Å²) in [4.78, 5) is 10.9. The fourth-order valence-electron chi connectivity index (χ4n) is 1.29. The molecule has 0 aliphatic heterocycles. The van der Waals surface area contributed by atoms with Gasteiger partial charge < -0.3 is 14.6 Å². The Morgan fingerprint density at radius 2 is 2.19 bits per heavy atom. The highest BCUT2D eigenvalue weighted by Gasteiger charge is 2.07. The van der Waals surface area contributed by atoms with Crippen molar-refractivity contribution >= 4 is 5.97 Å². The average Bonchev–Trinajstić information content (AvgIpc) is 2.26. The second kappa shape index (κ2) is 5.51. The number of methoxy groups -OCH3 is 1. The van der Waals surface area contributed by atoms with E-state index in [-0.39, 0.29) is 6.61 Å². The normalized spacial score (nSPS) is 12.0. The topological polar surface area (TPSA) is 55.8 Å². The molecule has 0 heterocycles. The quantitative estimate of drug-likeness (QED) is 0.789. The first-order valence-corrected chi connectivity index (χ1v) is 5.03. The highest BCUT2D eigenvalue weighted by atomic mass is 16.6. The van der Waals surface area contributed by atoms with Crippen LogP contribution in [0.2, 0.25) is 0 Å². The van der Waals surface area contributed by atoms with E-state index in [1.807, 2.05) is 13.0 Å². The fraction of sp³-hybridized carbons (Fsp3) is 0.417. The molecule has 0 amide bonds. The highest BCUT2D eigenvalue weighted by Crippen LogP contribution is 2.22. The minimum Gasteiger partial charge on any atom is -0.482 e. The van der Waals surface area contributed by atoms with E-state index in [4.69, 9.17) is 4.74 Å². The Morgan fingerprint density at radius 3 is 2.69 bits per heavy atom. The molecular formula is C12H16O4. The Morgan fingerprint density at radius 1 is 1.50 bits per heavy atom. The lowest BCUT2D eigenvalue weighted by Gasteiger charge is -2.11. The van der Waals surface area contributed by atoms with Gasteiger partial charge in [0.25, 0.3) is 0 Å². The van der Waals surface area contributed by atoms with E-state index in [0.717, 1.165) is 11.1 Å². The van der Waals surface area contributed by atoms with Crippen molar-refractivity contribution in [3.63, 3.8) is 0 Å². The third-order valence-corrected chi connectivity index (χ3v) is 2.25. The van der Waals surface area contributed by atoms with Crippen molar-refractivity contribution in [1.82, 2.24) is 0 Å². The summed E-state index contributed by atoms with van der Waals surface area (Å²) in [6, 6.07) is 5.34. The van der Waals surface area contributed by atoms with Crippen LogP contribution >= 0.6 is 0 Å². The molecule has 0 unspecified atom stereocenters. The second-order valence-electron chi connectivity index (χ2n) is 3.57. The number of rotatable bonds is 4. The zero-order valence-corrected chi connectivity index (χ0v) is 9.69. The summed E-state index contributed by atoms with van der Waals surface area (Å²) in [5.74, 6) is 0.203. The van der Waals surface area contributed by atoms with Crippen LogP contribution in [0.15, 0.2) is 18.2 Å². The molecular weight excluding hydrogens is 208 g/mol. The van der Waals surface area contributed by atoms with Crippen LogP contribution in [0.25, 0.3) is 0 Å². The largest absolute Gasteiger partial charge is 0.482 e. The number of ether oxygens (including phenoxy) is 2. The molecule has 0 saturated carbocycles. The molecule has 1 aromatic rings. The summed E-state index contributed by atoms with van der Waals surface area (Å²) in [5.41, 5.74) is 1.70. The predicted molar refractivity (Wildman–Crippen MR) is 59.3 cm³/mol. The minimum absolute atomic E-state index is 0.106. The van der Waals surface area contributed by atoms with Crippen molar-refractivity contribution in [2.75, 3.05) is 13.7 Å². The van der Waals surface area contributed by atoms with Crippen LogP contribution in [0.1, 0.15) is 24.2 Å². The van der Waals surface area contributed by atoms with Gasteiger partial charge in [0.15, 0.2) is 6.61 Å². The summed E-state index contributed by atoms with van der Waals surface area (Å²) in [6.45, 7) is 3.45. The number of benzene rings is 1. The van der Waals surface area contributed by atoms with Crippen molar-refractivity contribution < 1.29 is 19.4 Å². The van der Waals surface area contributed by atoms with Crippen LogP contribution < -0.4 is 4.74 Å². The van der Waals surface area contributed by atoms with Crippen LogP contribution in [-0.4, -0.2) is 24.8 Å². The third kappa shape index (κ3) is 3.24. The predicted octanol–water partition coefficient (Wildman–Crippen LogP) is 1.60. The van der Waals surface area contributed by atoms with Crippen molar-refractivity contribution in [3.05, 3.63) is 29.3 Å².